The molecule has 0 aromatic heterocycles. The van der Waals surface area contributed by atoms with Crippen LogP contribution in [0.25, 0.3) is 0 Å². The first-order valence-corrected chi connectivity index (χ1v) is 12.4. The molecule has 8 heteroatoms. The molecule has 7 nitrogen and oxygen atoms in total. The van der Waals surface area contributed by atoms with Gasteiger partial charge in [0.15, 0.2) is 0 Å². The summed E-state index contributed by atoms with van der Waals surface area (Å²) in [5, 5.41) is 12.5. The monoisotopic (exact) mass is 510 g/mol. The smallest absolute Gasteiger partial charge is 0.335 e. The lowest BCUT2D eigenvalue weighted by Crippen LogP contribution is -2.39. The Labute approximate surface area is 217 Å². The Morgan fingerprint density at radius 2 is 2.11 bits per heavy atom. The van der Waals surface area contributed by atoms with Gasteiger partial charge >= 0.3 is 5.97 Å². The maximum absolute atomic E-state index is 13.1. The van der Waals surface area contributed by atoms with Crippen molar-refractivity contribution >= 4 is 17.6 Å². The number of likely N-dealkylation sites (tertiary alicyclic amines) is 1. The SMILES string of the molecule is C=C(F)/C=C(\C=C/COCC1CCCN1C(=O)CC1C=CC(Nc2ccccc2C)=C(OC)C1)C(=O)O. The fourth-order valence-electron chi connectivity index (χ4n) is 4.52. The zero-order valence-electron chi connectivity index (χ0n) is 21.4. The first kappa shape index (κ1) is 27.9. The number of aliphatic carboxylic acids is 1. The lowest BCUT2D eigenvalue weighted by Gasteiger charge is -2.27. The van der Waals surface area contributed by atoms with E-state index in [0.717, 1.165) is 41.6 Å². The van der Waals surface area contributed by atoms with Crippen molar-refractivity contribution in [2.75, 3.05) is 32.2 Å². The summed E-state index contributed by atoms with van der Waals surface area (Å²) >= 11 is 0. The van der Waals surface area contributed by atoms with Crippen LogP contribution in [-0.2, 0) is 19.1 Å². The van der Waals surface area contributed by atoms with E-state index in [1.54, 1.807) is 7.11 Å². The van der Waals surface area contributed by atoms with Crippen LogP contribution < -0.4 is 5.32 Å². The molecule has 0 radical (unpaired) electrons. The van der Waals surface area contributed by atoms with E-state index in [9.17, 15) is 14.0 Å². The quantitative estimate of drug-likeness (QED) is 0.226. The second-order valence-corrected chi connectivity index (χ2v) is 9.18. The van der Waals surface area contributed by atoms with Crippen molar-refractivity contribution in [1.29, 1.82) is 0 Å². The molecule has 2 N–H and O–H groups in total. The number of halogens is 1. The number of carbonyl (C=O) groups excluding carboxylic acids is 1. The first-order chi connectivity index (χ1) is 17.8. The summed E-state index contributed by atoms with van der Waals surface area (Å²) in [6.07, 6.45) is 10.5. The van der Waals surface area contributed by atoms with Crippen LogP contribution in [0.1, 0.15) is 31.2 Å². The van der Waals surface area contributed by atoms with E-state index in [1.807, 2.05) is 42.2 Å². The van der Waals surface area contributed by atoms with Crippen LogP contribution >= 0.6 is 0 Å². The van der Waals surface area contributed by atoms with Gasteiger partial charge < -0.3 is 24.8 Å². The highest BCUT2D eigenvalue weighted by molar-refractivity contribution is 5.90. The summed E-state index contributed by atoms with van der Waals surface area (Å²) in [4.78, 5) is 26.1. The zero-order chi connectivity index (χ0) is 26.8. The number of amides is 1. The molecular weight excluding hydrogens is 475 g/mol. The van der Waals surface area contributed by atoms with Crippen LogP contribution in [0, 0.1) is 12.8 Å². The number of para-hydroxylation sites is 1. The summed E-state index contributed by atoms with van der Waals surface area (Å²) < 4.78 is 24.2. The zero-order valence-corrected chi connectivity index (χ0v) is 21.4. The predicted octanol–water partition coefficient (Wildman–Crippen LogP) is 5.29. The molecule has 1 aliphatic carbocycles. The number of carboxylic acid groups (broad SMARTS) is 1. The standard InChI is InChI=1S/C29H35FN2O5/c1-20-8-4-5-11-25(20)31-26-13-12-22(17-27(26)36-3)18-28(33)32-14-6-10-24(32)19-37-15-7-9-23(29(34)35)16-21(2)30/h4-5,7-9,11-13,16,22,24,31H,2,6,10,14-15,17-19H2,1,3H3,(H,34,35)/b9-7-,23-16+. The van der Waals surface area contributed by atoms with Crippen molar-refractivity contribution in [3.8, 4) is 0 Å². The van der Waals surface area contributed by atoms with Gasteiger partial charge in [-0.2, -0.15) is 0 Å². The van der Waals surface area contributed by atoms with Gasteiger partial charge in [-0.25, -0.2) is 9.18 Å². The second-order valence-electron chi connectivity index (χ2n) is 9.18. The average Bonchev–Trinajstić information content (AvgIpc) is 3.33. The van der Waals surface area contributed by atoms with E-state index in [0.29, 0.717) is 26.0 Å². The molecule has 2 aliphatic rings. The molecule has 37 heavy (non-hydrogen) atoms. The van der Waals surface area contributed by atoms with Crippen LogP contribution in [0.4, 0.5) is 10.1 Å². The van der Waals surface area contributed by atoms with E-state index >= 15 is 0 Å². The van der Waals surface area contributed by atoms with E-state index in [1.165, 1.54) is 12.2 Å². The summed E-state index contributed by atoms with van der Waals surface area (Å²) in [5.74, 6) is -1.13. The van der Waals surface area contributed by atoms with Crippen molar-refractivity contribution in [1.82, 2.24) is 4.90 Å². The number of rotatable bonds is 12. The molecule has 1 saturated heterocycles. The van der Waals surface area contributed by atoms with Crippen LogP contribution in [0.2, 0.25) is 0 Å². The summed E-state index contributed by atoms with van der Waals surface area (Å²) in [6.45, 7) is 6.30. The molecule has 2 unspecified atom stereocenters. The molecule has 1 fully saturated rings. The largest absolute Gasteiger partial charge is 0.499 e. The molecule has 3 rings (SSSR count). The van der Waals surface area contributed by atoms with Crippen LogP contribution in [0.5, 0.6) is 0 Å². The minimum absolute atomic E-state index is 0.0238. The lowest BCUT2D eigenvalue weighted by atomic mass is 9.93. The molecule has 1 heterocycles. The average molecular weight is 511 g/mol. The third-order valence-corrected chi connectivity index (χ3v) is 6.46. The summed E-state index contributed by atoms with van der Waals surface area (Å²) in [5.41, 5.74) is 2.84. The number of anilines is 1. The molecule has 1 amide bonds. The van der Waals surface area contributed by atoms with Gasteiger partial charge in [0.2, 0.25) is 5.91 Å². The number of ether oxygens (including phenoxy) is 2. The highest BCUT2D eigenvalue weighted by Crippen LogP contribution is 2.30. The lowest BCUT2D eigenvalue weighted by molar-refractivity contribution is -0.134. The van der Waals surface area contributed by atoms with E-state index < -0.39 is 11.8 Å². The molecule has 1 aromatic rings. The Balaban J connectivity index is 1.50. The number of hydrogen-bond donors (Lipinski definition) is 2. The number of allylic oxidation sites excluding steroid dienone is 5. The van der Waals surface area contributed by atoms with Gasteiger partial charge in [0, 0.05) is 25.1 Å². The number of aryl methyl sites for hydroxylation is 1. The van der Waals surface area contributed by atoms with E-state index in [4.69, 9.17) is 14.6 Å². The number of carboxylic acids is 1. The Kier molecular flexibility index (Phi) is 10.3. The fraction of sp³-hybridized carbons (Fsp3) is 0.379. The summed E-state index contributed by atoms with van der Waals surface area (Å²) in [7, 11) is 1.65. The molecule has 1 aliphatic heterocycles. The van der Waals surface area contributed by atoms with Crippen molar-refractivity contribution < 1.29 is 28.6 Å². The third kappa shape index (κ3) is 8.18. The number of nitrogens with zero attached hydrogens (tertiary/aromatic N) is 1. The van der Waals surface area contributed by atoms with Crippen molar-refractivity contribution in [2.45, 2.75) is 38.6 Å². The van der Waals surface area contributed by atoms with Crippen molar-refractivity contribution in [2.24, 2.45) is 5.92 Å². The second kappa shape index (κ2) is 13.6. The Morgan fingerprint density at radius 1 is 1.32 bits per heavy atom. The fourth-order valence-corrected chi connectivity index (χ4v) is 4.52. The Morgan fingerprint density at radius 3 is 2.81 bits per heavy atom. The molecule has 198 valence electrons. The van der Waals surface area contributed by atoms with Crippen LogP contribution in [-0.4, -0.2) is 54.8 Å². The number of nitrogens with one attached hydrogen (secondary N) is 1. The Hall–Kier alpha value is -3.65. The molecule has 2 atom stereocenters. The molecule has 0 saturated carbocycles. The highest BCUT2D eigenvalue weighted by Gasteiger charge is 2.30. The van der Waals surface area contributed by atoms with Gasteiger partial charge in [-0.15, -0.1) is 0 Å². The van der Waals surface area contributed by atoms with Gasteiger partial charge in [-0.1, -0.05) is 36.9 Å². The van der Waals surface area contributed by atoms with E-state index in [-0.39, 0.29) is 30.0 Å². The van der Waals surface area contributed by atoms with Gasteiger partial charge in [0.1, 0.15) is 11.6 Å². The number of methoxy groups -OCH3 is 1. The first-order valence-electron chi connectivity index (χ1n) is 12.4. The normalized spacial score (nSPS) is 20.0. The minimum Gasteiger partial charge on any atom is -0.499 e. The number of hydrogen-bond acceptors (Lipinski definition) is 5. The van der Waals surface area contributed by atoms with Crippen LogP contribution in [0.3, 0.4) is 0 Å². The topological polar surface area (TPSA) is 88.1 Å². The molecule has 0 spiro atoms. The summed E-state index contributed by atoms with van der Waals surface area (Å²) in [6, 6.07) is 8.02. The van der Waals surface area contributed by atoms with Gasteiger partial charge in [0.25, 0.3) is 0 Å². The van der Waals surface area contributed by atoms with Gasteiger partial charge in [0.05, 0.1) is 37.6 Å². The van der Waals surface area contributed by atoms with Gasteiger partial charge in [-0.05, 0) is 55.5 Å². The Bertz CT molecular complexity index is 1120. The van der Waals surface area contributed by atoms with Crippen molar-refractivity contribution in [3.63, 3.8) is 0 Å². The minimum atomic E-state index is -1.25. The maximum atomic E-state index is 13.1. The van der Waals surface area contributed by atoms with Gasteiger partial charge in [-0.3, -0.25) is 4.79 Å². The molecule has 0 bridgehead atoms. The van der Waals surface area contributed by atoms with E-state index in [2.05, 4.69) is 18.0 Å². The predicted molar refractivity (Wildman–Crippen MR) is 141 cm³/mol. The number of benzene rings is 1. The molecular formula is C29H35FN2O5. The molecule has 1 aromatic carbocycles. The maximum Gasteiger partial charge on any atom is 0.335 e. The third-order valence-electron chi connectivity index (χ3n) is 6.46. The van der Waals surface area contributed by atoms with Crippen LogP contribution in [0.15, 0.2) is 84.1 Å². The van der Waals surface area contributed by atoms with Crippen molar-refractivity contribution in [3.05, 3.63) is 89.6 Å². The number of carbonyl (C=O) groups is 2. The highest BCUT2D eigenvalue weighted by atomic mass is 19.1.